The number of aliphatic hydroxyl groups is 1. The van der Waals surface area contributed by atoms with Gasteiger partial charge in [0.25, 0.3) is 0 Å². The van der Waals surface area contributed by atoms with Crippen molar-refractivity contribution in [1.29, 1.82) is 0 Å². The average molecular weight is 246 g/mol. The molecule has 0 aromatic carbocycles. The molecular weight excluding hydrogens is 230 g/mol. The highest BCUT2D eigenvalue weighted by atomic mass is 35.5. The zero-order valence-corrected chi connectivity index (χ0v) is 10.2. The molecule has 1 unspecified atom stereocenters. The highest BCUT2D eigenvalue weighted by Crippen LogP contribution is 2.35. The van der Waals surface area contributed by atoms with Crippen molar-refractivity contribution in [3.05, 3.63) is 15.5 Å². The molecule has 2 nitrogen and oxygen atoms in total. The highest BCUT2D eigenvalue weighted by molar-refractivity contribution is 7.15. The number of aromatic nitrogens is 1. The van der Waals surface area contributed by atoms with Gasteiger partial charge < -0.3 is 5.11 Å². The summed E-state index contributed by atoms with van der Waals surface area (Å²) in [6.07, 6.45) is 8.56. The molecule has 1 fully saturated rings. The number of halogens is 1. The molecule has 0 aliphatic heterocycles. The average Bonchev–Trinajstić information content (AvgIpc) is 2.53. The molecule has 1 atom stereocenters. The van der Waals surface area contributed by atoms with Crippen LogP contribution in [0.25, 0.3) is 0 Å². The quantitative estimate of drug-likeness (QED) is 0.804. The van der Waals surface area contributed by atoms with E-state index in [0.717, 1.165) is 17.8 Å². The molecule has 0 saturated heterocycles. The summed E-state index contributed by atoms with van der Waals surface area (Å²) >= 11 is 7.22. The monoisotopic (exact) mass is 245 g/mol. The summed E-state index contributed by atoms with van der Waals surface area (Å²) < 4.78 is 0.665. The minimum atomic E-state index is -0.402. The van der Waals surface area contributed by atoms with Crippen LogP contribution in [0.2, 0.25) is 4.34 Å². The van der Waals surface area contributed by atoms with Crippen LogP contribution in [0.5, 0.6) is 0 Å². The molecule has 1 saturated carbocycles. The third kappa shape index (κ3) is 2.92. The fourth-order valence-corrected chi connectivity index (χ4v) is 3.24. The third-order valence-electron chi connectivity index (χ3n) is 3.09. The first-order valence-electron chi connectivity index (χ1n) is 5.56. The Bertz CT molecular complexity index is 307. The van der Waals surface area contributed by atoms with Crippen molar-refractivity contribution in [2.24, 2.45) is 5.92 Å². The summed E-state index contributed by atoms with van der Waals surface area (Å²) in [6, 6.07) is 0. The zero-order valence-electron chi connectivity index (χ0n) is 8.66. The minimum Gasteiger partial charge on any atom is -0.386 e. The van der Waals surface area contributed by atoms with Crippen LogP contribution in [0.15, 0.2) is 6.20 Å². The van der Waals surface area contributed by atoms with Crippen molar-refractivity contribution in [2.45, 2.75) is 44.6 Å². The second-order valence-corrected chi connectivity index (χ2v) is 5.89. The lowest BCUT2D eigenvalue weighted by Crippen LogP contribution is -2.11. The second kappa shape index (κ2) is 5.28. The van der Waals surface area contributed by atoms with Crippen LogP contribution in [0.1, 0.15) is 49.6 Å². The maximum absolute atomic E-state index is 10.2. The Hall–Kier alpha value is -0.120. The number of thiazole rings is 1. The molecule has 1 N–H and O–H groups in total. The predicted octanol–water partition coefficient (Wildman–Crippen LogP) is 3.80. The van der Waals surface area contributed by atoms with Crippen LogP contribution in [-0.2, 0) is 0 Å². The second-order valence-electron chi connectivity index (χ2n) is 4.20. The van der Waals surface area contributed by atoms with E-state index in [1.165, 1.54) is 37.0 Å². The predicted molar refractivity (Wildman–Crippen MR) is 63.3 cm³/mol. The smallest absolute Gasteiger partial charge is 0.123 e. The van der Waals surface area contributed by atoms with Gasteiger partial charge in [-0.15, -0.1) is 11.3 Å². The van der Waals surface area contributed by atoms with Crippen LogP contribution in [0.3, 0.4) is 0 Å². The van der Waals surface area contributed by atoms with Gasteiger partial charge in [0, 0.05) is 0 Å². The van der Waals surface area contributed by atoms with Crippen molar-refractivity contribution >= 4 is 22.9 Å². The zero-order chi connectivity index (χ0) is 10.7. The maximum atomic E-state index is 10.2. The van der Waals surface area contributed by atoms with E-state index >= 15 is 0 Å². The van der Waals surface area contributed by atoms with Crippen LogP contribution < -0.4 is 0 Å². The van der Waals surface area contributed by atoms with Crippen molar-refractivity contribution in [1.82, 2.24) is 4.98 Å². The Kier molecular flexibility index (Phi) is 4.00. The molecule has 0 amide bonds. The first-order valence-corrected chi connectivity index (χ1v) is 6.76. The molecule has 84 valence electrons. The van der Waals surface area contributed by atoms with Gasteiger partial charge in [-0.2, -0.15) is 0 Å². The van der Waals surface area contributed by atoms with Crippen LogP contribution in [-0.4, -0.2) is 10.1 Å². The number of nitrogens with zero attached hydrogens (tertiary/aromatic N) is 1. The summed E-state index contributed by atoms with van der Waals surface area (Å²) in [7, 11) is 0. The summed E-state index contributed by atoms with van der Waals surface area (Å²) in [5, 5.41) is 11.0. The fraction of sp³-hybridized carbons (Fsp3) is 0.727. The Labute approximate surface area is 99.3 Å². The Morgan fingerprint density at radius 2 is 2.00 bits per heavy atom. The van der Waals surface area contributed by atoms with E-state index in [4.69, 9.17) is 11.6 Å². The van der Waals surface area contributed by atoms with Crippen molar-refractivity contribution < 1.29 is 5.11 Å². The van der Waals surface area contributed by atoms with Gasteiger partial charge in [0.05, 0.1) is 6.20 Å². The third-order valence-corrected chi connectivity index (χ3v) is 4.28. The Morgan fingerprint density at radius 3 is 2.53 bits per heavy atom. The highest BCUT2D eigenvalue weighted by Gasteiger charge is 2.24. The van der Waals surface area contributed by atoms with E-state index in [1.54, 1.807) is 6.20 Å². The molecule has 1 heterocycles. The largest absolute Gasteiger partial charge is 0.386 e. The SMILES string of the molecule is OC(c1ncc(Cl)s1)C1CCCCCC1. The van der Waals surface area contributed by atoms with E-state index < -0.39 is 6.10 Å². The molecule has 1 aromatic rings. The number of rotatable bonds is 2. The van der Waals surface area contributed by atoms with Crippen molar-refractivity contribution in [2.75, 3.05) is 0 Å². The van der Waals surface area contributed by atoms with Gasteiger partial charge in [-0.1, -0.05) is 37.3 Å². The normalized spacial score (nSPS) is 21.2. The Morgan fingerprint density at radius 1 is 1.33 bits per heavy atom. The van der Waals surface area contributed by atoms with Gasteiger partial charge in [-0.25, -0.2) is 4.98 Å². The lowest BCUT2D eigenvalue weighted by molar-refractivity contribution is 0.0985. The van der Waals surface area contributed by atoms with Gasteiger partial charge in [0.15, 0.2) is 0 Å². The molecular formula is C11H16ClNOS. The number of aliphatic hydroxyl groups excluding tert-OH is 1. The summed E-state index contributed by atoms with van der Waals surface area (Å²) in [4.78, 5) is 4.16. The van der Waals surface area contributed by atoms with Crippen molar-refractivity contribution in [3.63, 3.8) is 0 Å². The Balaban J connectivity index is 2.02. The van der Waals surface area contributed by atoms with Crippen LogP contribution >= 0.6 is 22.9 Å². The van der Waals surface area contributed by atoms with Gasteiger partial charge in [0.2, 0.25) is 0 Å². The van der Waals surface area contributed by atoms with E-state index in [0.29, 0.717) is 10.3 Å². The molecule has 1 aromatic heterocycles. The first kappa shape index (κ1) is 11.4. The fourth-order valence-electron chi connectivity index (χ4n) is 2.23. The van der Waals surface area contributed by atoms with Crippen molar-refractivity contribution in [3.8, 4) is 0 Å². The van der Waals surface area contributed by atoms with Gasteiger partial charge >= 0.3 is 0 Å². The maximum Gasteiger partial charge on any atom is 0.123 e. The number of hydrogen-bond donors (Lipinski definition) is 1. The van der Waals surface area contributed by atoms with Gasteiger partial charge in [-0.3, -0.25) is 0 Å². The van der Waals surface area contributed by atoms with Crippen LogP contribution in [0.4, 0.5) is 0 Å². The van der Waals surface area contributed by atoms with E-state index in [9.17, 15) is 5.11 Å². The first-order chi connectivity index (χ1) is 7.27. The number of hydrogen-bond acceptors (Lipinski definition) is 3. The molecule has 1 aliphatic carbocycles. The lowest BCUT2D eigenvalue weighted by atomic mass is 9.94. The summed E-state index contributed by atoms with van der Waals surface area (Å²) in [6.45, 7) is 0. The molecule has 0 spiro atoms. The topological polar surface area (TPSA) is 33.1 Å². The standard InChI is InChI=1S/C11H16ClNOS/c12-9-7-13-11(15-9)10(14)8-5-3-1-2-4-6-8/h7-8,10,14H,1-6H2. The molecule has 0 radical (unpaired) electrons. The molecule has 0 bridgehead atoms. The lowest BCUT2D eigenvalue weighted by Gasteiger charge is -2.18. The summed E-state index contributed by atoms with van der Waals surface area (Å²) in [5.74, 6) is 0.384. The van der Waals surface area contributed by atoms with Crippen LogP contribution in [0, 0.1) is 5.92 Å². The molecule has 1 aliphatic rings. The van der Waals surface area contributed by atoms with E-state index in [2.05, 4.69) is 4.98 Å². The molecule has 15 heavy (non-hydrogen) atoms. The van der Waals surface area contributed by atoms with Gasteiger partial charge in [-0.05, 0) is 18.8 Å². The summed E-state index contributed by atoms with van der Waals surface area (Å²) in [5.41, 5.74) is 0. The van der Waals surface area contributed by atoms with Gasteiger partial charge in [0.1, 0.15) is 15.4 Å². The molecule has 4 heteroatoms. The van der Waals surface area contributed by atoms with E-state index in [1.807, 2.05) is 0 Å². The van der Waals surface area contributed by atoms with E-state index in [-0.39, 0.29) is 0 Å². The molecule has 2 rings (SSSR count). The minimum absolute atomic E-state index is 0.384.